The van der Waals surface area contributed by atoms with Crippen LogP contribution < -0.4 is 11.5 Å². The highest BCUT2D eigenvalue weighted by atomic mass is 19.1. The Labute approximate surface area is 77.0 Å². The third-order valence-electron chi connectivity index (χ3n) is 1.87. The van der Waals surface area contributed by atoms with Gasteiger partial charge in [0.05, 0.1) is 0 Å². The zero-order valence-corrected chi connectivity index (χ0v) is 7.33. The van der Waals surface area contributed by atoms with Gasteiger partial charge in [-0.25, -0.2) is 4.39 Å². The molecule has 4 N–H and O–H groups in total. The van der Waals surface area contributed by atoms with Gasteiger partial charge < -0.3 is 11.5 Å². The number of nitrogen functional groups attached to an aromatic ring is 1. The van der Waals surface area contributed by atoms with E-state index in [0.717, 1.165) is 0 Å². The van der Waals surface area contributed by atoms with Gasteiger partial charge >= 0.3 is 0 Å². The lowest BCUT2D eigenvalue weighted by atomic mass is 10.0. The summed E-state index contributed by atoms with van der Waals surface area (Å²) in [6, 6.07) is 3.93. The van der Waals surface area contributed by atoms with E-state index < -0.39 is 0 Å². The summed E-state index contributed by atoms with van der Waals surface area (Å²) >= 11 is 0. The highest BCUT2D eigenvalue weighted by molar-refractivity contribution is 5.48. The molecule has 2 nitrogen and oxygen atoms in total. The fourth-order valence-corrected chi connectivity index (χ4v) is 1.17. The maximum absolute atomic E-state index is 12.8. The van der Waals surface area contributed by atoms with Crippen LogP contribution in [0, 0.1) is 5.82 Å². The third-order valence-corrected chi connectivity index (χ3v) is 1.87. The van der Waals surface area contributed by atoms with Gasteiger partial charge in [-0.15, -0.1) is 6.58 Å². The molecule has 0 heterocycles. The summed E-state index contributed by atoms with van der Waals surface area (Å²) < 4.78 is 12.8. The van der Waals surface area contributed by atoms with Crippen LogP contribution in [-0.4, -0.2) is 0 Å². The number of anilines is 1. The monoisotopic (exact) mass is 180 g/mol. The summed E-state index contributed by atoms with van der Waals surface area (Å²) in [6.45, 7) is 3.56. The van der Waals surface area contributed by atoms with Crippen LogP contribution in [0.3, 0.4) is 0 Å². The van der Waals surface area contributed by atoms with E-state index in [-0.39, 0.29) is 11.9 Å². The van der Waals surface area contributed by atoms with Gasteiger partial charge in [0.1, 0.15) is 5.82 Å². The van der Waals surface area contributed by atoms with E-state index in [0.29, 0.717) is 17.7 Å². The molecule has 0 unspecified atom stereocenters. The average molecular weight is 180 g/mol. The number of hydrogen-bond donors (Lipinski definition) is 2. The molecule has 70 valence electrons. The molecule has 0 saturated carbocycles. The molecule has 0 radical (unpaired) electrons. The first-order valence-electron chi connectivity index (χ1n) is 4.06. The number of hydrogen-bond acceptors (Lipinski definition) is 2. The summed E-state index contributed by atoms with van der Waals surface area (Å²) in [4.78, 5) is 0. The molecule has 1 aromatic rings. The SMILES string of the molecule is C=CC[C@H](N)c1cc(F)ccc1N. The molecular formula is C10H13FN2. The second-order valence-electron chi connectivity index (χ2n) is 2.90. The number of benzene rings is 1. The Kier molecular flexibility index (Phi) is 3.03. The van der Waals surface area contributed by atoms with Gasteiger partial charge in [0.15, 0.2) is 0 Å². The van der Waals surface area contributed by atoms with Gasteiger partial charge in [-0.3, -0.25) is 0 Å². The molecule has 3 heteroatoms. The van der Waals surface area contributed by atoms with Gasteiger partial charge in [0, 0.05) is 11.7 Å². The van der Waals surface area contributed by atoms with Crippen LogP contribution in [0.4, 0.5) is 10.1 Å². The largest absolute Gasteiger partial charge is 0.398 e. The van der Waals surface area contributed by atoms with Gasteiger partial charge in [-0.05, 0) is 30.2 Å². The molecule has 0 aromatic heterocycles. The van der Waals surface area contributed by atoms with Crippen LogP contribution in [0.2, 0.25) is 0 Å². The topological polar surface area (TPSA) is 52.0 Å². The van der Waals surface area contributed by atoms with E-state index in [1.54, 1.807) is 6.08 Å². The van der Waals surface area contributed by atoms with Crippen molar-refractivity contribution in [3.8, 4) is 0 Å². The summed E-state index contributed by atoms with van der Waals surface area (Å²) in [5.41, 5.74) is 12.6. The van der Waals surface area contributed by atoms with Crippen LogP contribution in [0.15, 0.2) is 30.9 Å². The second-order valence-corrected chi connectivity index (χ2v) is 2.90. The van der Waals surface area contributed by atoms with Crippen LogP contribution in [0.1, 0.15) is 18.0 Å². The predicted octanol–water partition coefficient (Wildman–Crippen LogP) is 1.98. The third kappa shape index (κ3) is 2.29. The normalized spacial score (nSPS) is 12.5. The minimum atomic E-state index is -0.316. The zero-order chi connectivity index (χ0) is 9.84. The van der Waals surface area contributed by atoms with Crippen molar-refractivity contribution in [2.75, 3.05) is 5.73 Å². The van der Waals surface area contributed by atoms with Crippen molar-refractivity contribution in [1.82, 2.24) is 0 Å². The minimum absolute atomic E-state index is 0.270. The van der Waals surface area contributed by atoms with E-state index in [4.69, 9.17) is 11.5 Å². The summed E-state index contributed by atoms with van der Waals surface area (Å²) in [6.07, 6.45) is 2.28. The fraction of sp³-hybridized carbons (Fsp3) is 0.200. The molecule has 1 rings (SSSR count). The molecule has 0 saturated heterocycles. The molecule has 0 amide bonds. The Morgan fingerprint density at radius 1 is 1.54 bits per heavy atom. The Morgan fingerprint density at radius 3 is 2.85 bits per heavy atom. The Bertz CT molecular complexity index is 310. The smallest absolute Gasteiger partial charge is 0.123 e. The highest BCUT2D eigenvalue weighted by Crippen LogP contribution is 2.21. The fourth-order valence-electron chi connectivity index (χ4n) is 1.17. The van der Waals surface area contributed by atoms with Crippen LogP contribution in [0.25, 0.3) is 0 Å². The first-order valence-corrected chi connectivity index (χ1v) is 4.06. The first-order chi connectivity index (χ1) is 6.15. The lowest BCUT2D eigenvalue weighted by Crippen LogP contribution is -2.11. The van der Waals surface area contributed by atoms with Gasteiger partial charge in [-0.2, -0.15) is 0 Å². The van der Waals surface area contributed by atoms with Crippen molar-refractivity contribution in [2.24, 2.45) is 5.73 Å². The molecule has 1 atom stereocenters. The van der Waals surface area contributed by atoms with E-state index >= 15 is 0 Å². The molecular weight excluding hydrogens is 167 g/mol. The van der Waals surface area contributed by atoms with E-state index in [1.165, 1.54) is 18.2 Å². The Balaban J connectivity index is 2.97. The van der Waals surface area contributed by atoms with Crippen molar-refractivity contribution in [2.45, 2.75) is 12.5 Å². The Hall–Kier alpha value is -1.35. The zero-order valence-electron chi connectivity index (χ0n) is 7.33. The van der Waals surface area contributed by atoms with Gasteiger partial charge in [0.25, 0.3) is 0 Å². The van der Waals surface area contributed by atoms with E-state index in [9.17, 15) is 4.39 Å². The molecule has 0 aliphatic heterocycles. The van der Waals surface area contributed by atoms with Crippen molar-refractivity contribution in [3.05, 3.63) is 42.2 Å². The predicted molar refractivity (Wildman–Crippen MR) is 52.6 cm³/mol. The lowest BCUT2D eigenvalue weighted by Gasteiger charge is -2.12. The standard InChI is InChI=1S/C10H13FN2/c1-2-3-9(12)8-6-7(11)4-5-10(8)13/h2,4-6,9H,1,3,12-13H2/t9-/m0/s1. The lowest BCUT2D eigenvalue weighted by molar-refractivity contribution is 0.620. The Morgan fingerprint density at radius 2 is 2.23 bits per heavy atom. The van der Waals surface area contributed by atoms with E-state index in [1.807, 2.05) is 0 Å². The molecule has 0 fully saturated rings. The van der Waals surface area contributed by atoms with Crippen molar-refractivity contribution in [3.63, 3.8) is 0 Å². The van der Waals surface area contributed by atoms with Crippen LogP contribution in [-0.2, 0) is 0 Å². The number of rotatable bonds is 3. The minimum Gasteiger partial charge on any atom is -0.398 e. The van der Waals surface area contributed by atoms with Crippen molar-refractivity contribution in [1.29, 1.82) is 0 Å². The second kappa shape index (κ2) is 4.05. The quantitative estimate of drug-likeness (QED) is 0.552. The highest BCUT2D eigenvalue weighted by Gasteiger charge is 2.08. The average Bonchev–Trinajstić information content (AvgIpc) is 2.09. The maximum atomic E-state index is 12.8. The van der Waals surface area contributed by atoms with Gasteiger partial charge in [0.2, 0.25) is 0 Å². The van der Waals surface area contributed by atoms with Crippen molar-refractivity contribution >= 4 is 5.69 Å². The summed E-state index contributed by atoms with van der Waals surface area (Å²) in [5.74, 6) is -0.316. The molecule has 0 aliphatic carbocycles. The summed E-state index contributed by atoms with van der Waals surface area (Å²) in [5, 5.41) is 0. The number of halogens is 1. The molecule has 0 spiro atoms. The van der Waals surface area contributed by atoms with Crippen LogP contribution >= 0.6 is 0 Å². The van der Waals surface area contributed by atoms with Crippen LogP contribution in [0.5, 0.6) is 0 Å². The molecule has 13 heavy (non-hydrogen) atoms. The molecule has 0 bridgehead atoms. The summed E-state index contributed by atoms with van der Waals surface area (Å²) in [7, 11) is 0. The van der Waals surface area contributed by atoms with E-state index in [2.05, 4.69) is 6.58 Å². The maximum Gasteiger partial charge on any atom is 0.123 e. The molecule has 0 aliphatic rings. The number of nitrogens with two attached hydrogens (primary N) is 2. The van der Waals surface area contributed by atoms with Gasteiger partial charge in [-0.1, -0.05) is 6.08 Å². The van der Waals surface area contributed by atoms with Crippen molar-refractivity contribution < 1.29 is 4.39 Å². The first kappa shape index (κ1) is 9.74. The molecule has 1 aromatic carbocycles.